The fourth-order valence-corrected chi connectivity index (χ4v) is 2.71. The first-order chi connectivity index (χ1) is 9.83. The van der Waals surface area contributed by atoms with Crippen molar-refractivity contribution < 1.29 is 9.53 Å². The first kappa shape index (κ1) is 12.9. The first-order valence-corrected chi connectivity index (χ1v) is 6.95. The Bertz CT molecular complexity index is 595. The Labute approximate surface area is 118 Å². The summed E-state index contributed by atoms with van der Waals surface area (Å²) in [5.41, 5.74) is 2.15. The fourth-order valence-electron chi connectivity index (χ4n) is 2.71. The molecular weight excluding hydrogens is 250 g/mol. The fraction of sp³-hybridized carbons (Fsp3) is 0.294. The highest BCUT2D eigenvalue weighted by molar-refractivity contribution is 5.81. The smallest absolute Gasteiger partial charge is 0.137 e. The van der Waals surface area contributed by atoms with E-state index in [-0.39, 0.29) is 11.7 Å². The van der Waals surface area contributed by atoms with Crippen molar-refractivity contribution in [3.63, 3.8) is 0 Å². The van der Waals surface area contributed by atoms with Gasteiger partial charge in [0.1, 0.15) is 11.5 Å². The standard InChI is InChI=1S/C17H17NO2/c19-15(10-13-4-3-8-18-12-13)11-14-7-9-20-17-6-2-1-5-16(14)17/h1-6,8,12,14H,7,9-11H2. The number of hydrogen-bond acceptors (Lipinski definition) is 3. The van der Waals surface area contributed by atoms with Crippen LogP contribution in [0.3, 0.4) is 0 Å². The minimum absolute atomic E-state index is 0.264. The number of carbonyl (C=O) groups excluding carboxylic acids is 1. The monoisotopic (exact) mass is 267 g/mol. The maximum absolute atomic E-state index is 12.2. The van der Waals surface area contributed by atoms with E-state index in [1.54, 1.807) is 12.4 Å². The highest BCUT2D eigenvalue weighted by Crippen LogP contribution is 2.35. The van der Waals surface area contributed by atoms with Crippen molar-refractivity contribution in [2.24, 2.45) is 0 Å². The second-order valence-corrected chi connectivity index (χ2v) is 5.15. The topological polar surface area (TPSA) is 39.2 Å². The van der Waals surface area contributed by atoms with E-state index in [9.17, 15) is 4.79 Å². The zero-order valence-electron chi connectivity index (χ0n) is 11.3. The van der Waals surface area contributed by atoms with Gasteiger partial charge < -0.3 is 4.74 Å². The van der Waals surface area contributed by atoms with Crippen molar-refractivity contribution in [2.45, 2.75) is 25.2 Å². The van der Waals surface area contributed by atoms with E-state index in [0.29, 0.717) is 19.4 Å². The number of ketones is 1. The number of para-hydroxylation sites is 1. The normalized spacial score (nSPS) is 17.1. The van der Waals surface area contributed by atoms with Crippen molar-refractivity contribution in [3.8, 4) is 5.75 Å². The number of carbonyl (C=O) groups is 1. The third-order valence-electron chi connectivity index (χ3n) is 3.68. The molecule has 1 aliphatic heterocycles. The van der Waals surface area contributed by atoms with Gasteiger partial charge in [-0.15, -0.1) is 0 Å². The van der Waals surface area contributed by atoms with Gasteiger partial charge in [0.2, 0.25) is 0 Å². The van der Waals surface area contributed by atoms with Crippen molar-refractivity contribution in [1.29, 1.82) is 0 Å². The van der Waals surface area contributed by atoms with Crippen LogP contribution in [0.25, 0.3) is 0 Å². The average molecular weight is 267 g/mol. The molecule has 20 heavy (non-hydrogen) atoms. The molecule has 0 N–H and O–H groups in total. The molecule has 1 aromatic heterocycles. The van der Waals surface area contributed by atoms with Gasteiger partial charge in [-0.25, -0.2) is 0 Å². The maximum Gasteiger partial charge on any atom is 0.137 e. The number of aromatic nitrogens is 1. The van der Waals surface area contributed by atoms with E-state index in [0.717, 1.165) is 17.7 Å². The largest absolute Gasteiger partial charge is 0.493 e. The molecule has 2 heterocycles. The lowest BCUT2D eigenvalue weighted by atomic mass is 9.87. The number of benzene rings is 1. The van der Waals surface area contributed by atoms with Crippen molar-refractivity contribution in [1.82, 2.24) is 4.98 Å². The summed E-state index contributed by atoms with van der Waals surface area (Å²) in [5, 5.41) is 0. The minimum atomic E-state index is 0.264. The highest BCUT2D eigenvalue weighted by atomic mass is 16.5. The van der Waals surface area contributed by atoms with Crippen LogP contribution >= 0.6 is 0 Å². The third kappa shape index (κ3) is 2.87. The SMILES string of the molecule is O=C(Cc1cccnc1)CC1CCOc2ccccc21. The van der Waals surface area contributed by atoms with Crippen molar-refractivity contribution in [3.05, 3.63) is 59.9 Å². The quantitative estimate of drug-likeness (QED) is 0.854. The number of nitrogens with zero attached hydrogens (tertiary/aromatic N) is 1. The van der Waals surface area contributed by atoms with Crippen LogP contribution in [-0.4, -0.2) is 17.4 Å². The van der Waals surface area contributed by atoms with Crippen LogP contribution in [0.4, 0.5) is 0 Å². The molecule has 1 unspecified atom stereocenters. The van der Waals surface area contributed by atoms with Gasteiger partial charge in [-0.3, -0.25) is 9.78 Å². The van der Waals surface area contributed by atoms with Gasteiger partial charge in [0.25, 0.3) is 0 Å². The summed E-state index contributed by atoms with van der Waals surface area (Å²) < 4.78 is 5.63. The molecule has 0 saturated heterocycles. The van der Waals surface area contributed by atoms with Crippen LogP contribution in [0.15, 0.2) is 48.8 Å². The molecule has 0 bridgehead atoms. The molecule has 2 aromatic rings. The van der Waals surface area contributed by atoms with Crippen LogP contribution in [0.1, 0.15) is 29.9 Å². The van der Waals surface area contributed by atoms with Crippen molar-refractivity contribution in [2.75, 3.05) is 6.61 Å². The Morgan fingerprint density at radius 2 is 2.15 bits per heavy atom. The Balaban J connectivity index is 1.68. The highest BCUT2D eigenvalue weighted by Gasteiger charge is 2.23. The van der Waals surface area contributed by atoms with Crippen LogP contribution < -0.4 is 4.74 Å². The lowest BCUT2D eigenvalue weighted by Crippen LogP contribution is -2.17. The van der Waals surface area contributed by atoms with Crippen LogP contribution in [0.2, 0.25) is 0 Å². The molecule has 3 heteroatoms. The van der Waals surface area contributed by atoms with Gasteiger partial charge in [0.15, 0.2) is 0 Å². The number of Topliss-reactive ketones (excluding diaryl/α,β-unsaturated/α-hetero) is 1. The molecule has 0 fully saturated rings. The van der Waals surface area contributed by atoms with E-state index in [1.807, 2.05) is 30.3 Å². The van der Waals surface area contributed by atoms with E-state index in [4.69, 9.17) is 4.74 Å². The van der Waals surface area contributed by atoms with E-state index in [2.05, 4.69) is 11.1 Å². The summed E-state index contributed by atoms with van der Waals surface area (Å²) in [6, 6.07) is 11.8. The lowest BCUT2D eigenvalue weighted by Gasteiger charge is -2.25. The molecule has 0 amide bonds. The molecular formula is C17H17NO2. The van der Waals surface area contributed by atoms with Crippen LogP contribution in [0, 0.1) is 0 Å². The number of fused-ring (bicyclic) bond motifs is 1. The number of pyridine rings is 1. The Morgan fingerprint density at radius 1 is 1.25 bits per heavy atom. The molecule has 102 valence electrons. The lowest BCUT2D eigenvalue weighted by molar-refractivity contribution is -0.118. The van der Waals surface area contributed by atoms with E-state index < -0.39 is 0 Å². The van der Waals surface area contributed by atoms with Gasteiger partial charge in [-0.05, 0) is 35.6 Å². The molecule has 1 atom stereocenters. The minimum Gasteiger partial charge on any atom is -0.493 e. The summed E-state index contributed by atoms with van der Waals surface area (Å²) in [4.78, 5) is 16.3. The zero-order chi connectivity index (χ0) is 13.8. The zero-order valence-corrected chi connectivity index (χ0v) is 11.3. The van der Waals surface area contributed by atoms with Crippen LogP contribution in [-0.2, 0) is 11.2 Å². The van der Waals surface area contributed by atoms with E-state index >= 15 is 0 Å². The van der Waals surface area contributed by atoms with Gasteiger partial charge >= 0.3 is 0 Å². The summed E-state index contributed by atoms with van der Waals surface area (Å²) in [6.45, 7) is 0.696. The molecule has 0 saturated carbocycles. The molecule has 3 nitrogen and oxygen atoms in total. The third-order valence-corrected chi connectivity index (χ3v) is 3.68. The predicted octanol–water partition coefficient (Wildman–Crippen LogP) is 3.15. The van der Waals surface area contributed by atoms with Gasteiger partial charge in [0, 0.05) is 25.2 Å². The molecule has 3 rings (SSSR count). The second-order valence-electron chi connectivity index (χ2n) is 5.15. The summed E-state index contributed by atoms with van der Waals surface area (Å²) in [6.07, 6.45) is 5.44. The molecule has 1 aromatic carbocycles. The molecule has 0 spiro atoms. The molecule has 1 aliphatic rings. The van der Waals surface area contributed by atoms with E-state index in [1.165, 1.54) is 5.56 Å². The molecule has 0 aliphatic carbocycles. The second kappa shape index (κ2) is 5.87. The maximum atomic E-state index is 12.2. The van der Waals surface area contributed by atoms with Gasteiger partial charge in [-0.1, -0.05) is 24.3 Å². The first-order valence-electron chi connectivity index (χ1n) is 6.95. The Hall–Kier alpha value is -2.16. The average Bonchev–Trinajstić information content (AvgIpc) is 2.48. The summed E-state index contributed by atoms with van der Waals surface area (Å²) >= 11 is 0. The van der Waals surface area contributed by atoms with Crippen LogP contribution in [0.5, 0.6) is 5.75 Å². The Kier molecular flexibility index (Phi) is 3.77. The number of hydrogen-bond donors (Lipinski definition) is 0. The predicted molar refractivity (Wildman–Crippen MR) is 76.9 cm³/mol. The van der Waals surface area contributed by atoms with Gasteiger partial charge in [0.05, 0.1) is 6.61 Å². The Morgan fingerprint density at radius 3 is 3.00 bits per heavy atom. The number of ether oxygens (including phenoxy) is 1. The summed E-state index contributed by atoms with van der Waals surface area (Å²) in [7, 11) is 0. The van der Waals surface area contributed by atoms with Gasteiger partial charge in [-0.2, -0.15) is 0 Å². The van der Waals surface area contributed by atoms with Crippen molar-refractivity contribution >= 4 is 5.78 Å². The summed E-state index contributed by atoms with van der Waals surface area (Å²) in [5.74, 6) is 1.47. The number of rotatable bonds is 4. The molecule has 0 radical (unpaired) electrons.